The van der Waals surface area contributed by atoms with E-state index in [1.807, 2.05) is 86.6 Å². The van der Waals surface area contributed by atoms with Crippen LogP contribution in [0, 0.1) is 13.8 Å². The van der Waals surface area contributed by atoms with Crippen molar-refractivity contribution in [3.05, 3.63) is 125 Å². The van der Waals surface area contributed by atoms with Gasteiger partial charge in [-0.15, -0.1) is 0 Å². The highest BCUT2D eigenvalue weighted by Crippen LogP contribution is 2.32. The van der Waals surface area contributed by atoms with E-state index in [4.69, 9.17) is 4.74 Å². The summed E-state index contributed by atoms with van der Waals surface area (Å²) in [5, 5.41) is 2.90. The van der Waals surface area contributed by atoms with Crippen molar-refractivity contribution in [3.8, 4) is 28.3 Å². The van der Waals surface area contributed by atoms with Crippen molar-refractivity contribution in [2.45, 2.75) is 24.8 Å². The van der Waals surface area contributed by atoms with Crippen molar-refractivity contribution in [3.63, 3.8) is 0 Å². The monoisotopic (exact) mass is 576 g/mol. The first-order chi connectivity index (χ1) is 20.3. The number of aromatic nitrogens is 2. The molecule has 2 heterocycles. The Labute approximate surface area is 244 Å². The molecule has 5 aromatic rings. The average molecular weight is 577 g/mol. The highest BCUT2D eigenvalue weighted by atomic mass is 32.2. The molecule has 210 valence electrons. The lowest BCUT2D eigenvalue weighted by Gasteiger charge is -2.21. The van der Waals surface area contributed by atoms with E-state index in [0.717, 1.165) is 33.4 Å². The molecule has 0 aliphatic carbocycles. The fourth-order valence-electron chi connectivity index (χ4n) is 5.04. The number of ether oxygens (including phenoxy) is 1. The predicted molar refractivity (Wildman–Crippen MR) is 162 cm³/mol. The van der Waals surface area contributed by atoms with Crippen molar-refractivity contribution in [1.82, 2.24) is 15.3 Å². The summed E-state index contributed by atoms with van der Waals surface area (Å²) in [5.74, 6) is -0.389. The Balaban J connectivity index is 1.47. The Morgan fingerprint density at radius 3 is 2.17 bits per heavy atom. The molecule has 42 heavy (non-hydrogen) atoms. The number of nitrogens with one attached hydrogen (secondary N) is 2. The Hall–Kier alpha value is -5.02. The molecular weight excluding hydrogens is 548 g/mol. The van der Waals surface area contributed by atoms with Crippen LogP contribution in [0.3, 0.4) is 0 Å². The molecule has 0 saturated heterocycles. The number of nitrogens with zero attached hydrogens (tertiary/aromatic N) is 2. The quantitative estimate of drug-likeness (QED) is 0.269. The van der Waals surface area contributed by atoms with Crippen molar-refractivity contribution < 1.29 is 17.9 Å². The molecule has 9 heteroatoms. The number of hydrogen-bond acceptors (Lipinski definition) is 6. The van der Waals surface area contributed by atoms with Gasteiger partial charge in [-0.25, -0.2) is 18.1 Å². The van der Waals surface area contributed by atoms with Gasteiger partial charge in [0, 0.05) is 17.2 Å². The minimum atomic E-state index is -4.11. The van der Waals surface area contributed by atoms with Crippen LogP contribution in [0.2, 0.25) is 0 Å². The van der Waals surface area contributed by atoms with Gasteiger partial charge < -0.3 is 10.1 Å². The molecule has 1 aliphatic rings. The van der Waals surface area contributed by atoms with Crippen LogP contribution in [0.4, 0.5) is 5.95 Å². The minimum absolute atomic E-state index is 0.0778. The van der Waals surface area contributed by atoms with Crippen LogP contribution >= 0.6 is 0 Å². The van der Waals surface area contributed by atoms with Crippen LogP contribution in [0.5, 0.6) is 5.88 Å². The maximum absolute atomic E-state index is 13.3. The first-order valence-electron chi connectivity index (χ1n) is 13.5. The van der Waals surface area contributed by atoms with Gasteiger partial charge >= 0.3 is 0 Å². The number of amides is 1. The van der Waals surface area contributed by atoms with Crippen LogP contribution in [0.25, 0.3) is 22.4 Å². The van der Waals surface area contributed by atoms with Crippen LogP contribution in [-0.2, 0) is 10.0 Å². The number of fused-ring (bicyclic) bond motifs is 4. The molecule has 1 unspecified atom stereocenters. The first kappa shape index (κ1) is 27.2. The second kappa shape index (κ2) is 11.1. The fraction of sp³-hybridized carbons (Fsp3) is 0.121. The van der Waals surface area contributed by atoms with E-state index < -0.39 is 22.0 Å². The molecule has 2 N–H and O–H groups in total. The van der Waals surface area contributed by atoms with Crippen LogP contribution in [0.1, 0.15) is 33.2 Å². The van der Waals surface area contributed by atoms with Crippen LogP contribution in [0.15, 0.2) is 108 Å². The third kappa shape index (κ3) is 5.59. The SMILES string of the molecule is Cc1cccc(C)c1-c1cc2nc(n1)NS(=O)(=O)c1cccc(c1)C(=O)NCC(c1ccc(-c3ccccc3)cc1)O2. The maximum atomic E-state index is 13.3. The number of hydrogen-bond donors (Lipinski definition) is 2. The third-order valence-corrected chi connectivity index (χ3v) is 8.50. The number of carbonyl (C=O) groups excluding carboxylic acids is 1. The zero-order valence-corrected chi connectivity index (χ0v) is 23.9. The summed E-state index contributed by atoms with van der Waals surface area (Å²) in [6.45, 7) is 4.05. The normalized spacial score (nSPS) is 16.0. The van der Waals surface area contributed by atoms with E-state index in [-0.39, 0.29) is 28.8 Å². The second-order valence-corrected chi connectivity index (χ2v) is 11.8. The van der Waals surface area contributed by atoms with Gasteiger partial charge in [0.2, 0.25) is 11.8 Å². The number of rotatable bonds is 3. The zero-order chi connectivity index (χ0) is 29.3. The molecule has 4 aromatic carbocycles. The number of aryl methyl sites for hydroxylation is 2. The van der Waals surface area contributed by atoms with Crippen molar-refractivity contribution >= 4 is 21.9 Å². The van der Waals surface area contributed by atoms with Crippen molar-refractivity contribution in [2.75, 3.05) is 11.3 Å². The van der Waals surface area contributed by atoms with Gasteiger partial charge in [-0.1, -0.05) is 78.9 Å². The molecule has 1 atom stereocenters. The third-order valence-electron chi connectivity index (χ3n) is 7.17. The number of sulfonamides is 1. The summed E-state index contributed by atoms with van der Waals surface area (Å²) >= 11 is 0. The number of benzene rings is 4. The molecule has 1 amide bonds. The first-order valence-corrected chi connectivity index (χ1v) is 14.9. The van der Waals surface area contributed by atoms with Crippen molar-refractivity contribution in [1.29, 1.82) is 0 Å². The molecule has 1 aromatic heterocycles. The summed E-state index contributed by atoms with van der Waals surface area (Å²) in [4.78, 5) is 22.0. The lowest BCUT2D eigenvalue weighted by molar-refractivity contribution is 0.0925. The van der Waals surface area contributed by atoms with Gasteiger partial charge in [-0.3, -0.25) is 4.79 Å². The highest BCUT2D eigenvalue weighted by molar-refractivity contribution is 7.92. The molecular formula is C33H28N4O4S. The van der Waals surface area contributed by atoms with Gasteiger partial charge in [0.15, 0.2) is 0 Å². The van der Waals surface area contributed by atoms with Crippen LogP contribution < -0.4 is 14.8 Å². The number of carbonyl (C=O) groups is 1. The molecule has 0 radical (unpaired) electrons. The van der Waals surface area contributed by atoms with Gasteiger partial charge in [0.25, 0.3) is 15.9 Å². The standard InChI is InChI=1S/C33H28N4O4S/c1-21-8-6-9-22(2)31(21)28-19-30-36-33(35-28)37-42(39,40)27-13-7-12-26(18-27)32(38)34-20-29(41-30)25-16-14-24(15-17-25)23-10-4-3-5-11-23/h3-19,29H,20H2,1-2H3,(H,34,38)(H,35,36,37). The van der Waals surface area contributed by atoms with E-state index in [9.17, 15) is 13.2 Å². The summed E-state index contributed by atoms with van der Waals surface area (Å²) in [6.07, 6.45) is -0.632. The van der Waals surface area contributed by atoms with Gasteiger partial charge in [-0.2, -0.15) is 4.98 Å². The predicted octanol–water partition coefficient (Wildman–Crippen LogP) is 6.09. The molecule has 4 bridgehead atoms. The second-order valence-electron chi connectivity index (χ2n) is 10.1. The topological polar surface area (TPSA) is 110 Å². The van der Waals surface area contributed by atoms with Gasteiger partial charge in [-0.05, 0) is 59.9 Å². The van der Waals surface area contributed by atoms with Gasteiger partial charge in [0.1, 0.15) is 6.10 Å². The Morgan fingerprint density at radius 2 is 1.43 bits per heavy atom. The molecule has 6 rings (SSSR count). The summed E-state index contributed by atoms with van der Waals surface area (Å²) in [6, 6.07) is 31.4. The zero-order valence-electron chi connectivity index (χ0n) is 23.0. The van der Waals surface area contributed by atoms with Crippen LogP contribution in [-0.4, -0.2) is 30.8 Å². The number of anilines is 1. The largest absolute Gasteiger partial charge is 0.467 e. The van der Waals surface area contributed by atoms with E-state index in [1.54, 1.807) is 12.1 Å². The minimum Gasteiger partial charge on any atom is -0.467 e. The summed E-state index contributed by atoms with van der Waals surface area (Å²) in [7, 11) is -4.11. The lowest BCUT2D eigenvalue weighted by atomic mass is 10.00. The molecule has 0 saturated carbocycles. The van der Waals surface area contributed by atoms with E-state index in [0.29, 0.717) is 5.69 Å². The smallest absolute Gasteiger partial charge is 0.264 e. The highest BCUT2D eigenvalue weighted by Gasteiger charge is 2.23. The van der Waals surface area contributed by atoms with Crippen molar-refractivity contribution in [2.24, 2.45) is 0 Å². The van der Waals surface area contributed by atoms with E-state index >= 15 is 0 Å². The van der Waals surface area contributed by atoms with E-state index in [2.05, 4.69) is 20.0 Å². The summed E-state index contributed by atoms with van der Waals surface area (Å²) < 4.78 is 35.6. The molecule has 0 spiro atoms. The fourth-order valence-corrected chi connectivity index (χ4v) is 6.03. The molecule has 1 aliphatic heterocycles. The Morgan fingerprint density at radius 1 is 0.762 bits per heavy atom. The van der Waals surface area contributed by atoms with Gasteiger partial charge in [0.05, 0.1) is 17.1 Å². The lowest BCUT2D eigenvalue weighted by Crippen LogP contribution is -2.30. The van der Waals surface area contributed by atoms with E-state index in [1.165, 1.54) is 18.2 Å². The summed E-state index contributed by atoms with van der Waals surface area (Å²) in [5.41, 5.74) is 6.46. The average Bonchev–Trinajstić information content (AvgIpc) is 2.99. The maximum Gasteiger partial charge on any atom is 0.264 e. The Kier molecular flexibility index (Phi) is 7.18. The molecule has 8 nitrogen and oxygen atoms in total. The molecule has 0 fully saturated rings. The Bertz CT molecular complexity index is 1870.